The van der Waals surface area contributed by atoms with Crippen LogP contribution in [0.3, 0.4) is 0 Å². The summed E-state index contributed by atoms with van der Waals surface area (Å²) in [5.41, 5.74) is 6.16. The summed E-state index contributed by atoms with van der Waals surface area (Å²) in [5, 5.41) is 4.38. The van der Waals surface area contributed by atoms with E-state index in [1.807, 2.05) is 30.3 Å². The highest BCUT2D eigenvalue weighted by Gasteiger charge is 2.21. The SMILES string of the molecule is O=C(C[C@@H](CCc1ccccc1)c1cn(Cc2ccccc2)c2ccccc12)NCc1ccccc1. The van der Waals surface area contributed by atoms with E-state index in [0.717, 1.165) is 24.9 Å². The molecule has 180 valence electrons. The van der Waals surface area contributed by atoms with Gasteiger partial charge in [-0.2, -0.15) is 0 Å². The Hall–Kier alpha value is -4.11. The van der Waals surface area contributed by atoms with Gasteiger partial charge in [0.1, 0.15) is 0 Å². The molecule has 0 aliphatic carbocycles. The highest BCUT2D eigenvalue weighted by atomic mass is 16.1. The summed E-state index contributed by atoms with van der Waals surface area (Å²) in [6, 6.07) is 39.8. The molecule has 0 bridgehead atoms. The molecule has 1 amide bonds. The van der Waals surface area contributed by atoms with Gasteiger partial charge < -0.3 is 9.88 Å². The van der Waals surface area contributed by atoms with Gasteiger partial charge in [-0.05, 0) is 47.1 Å². The summed E-state index contributed by atoms with van der Waals surface area (Å²) in [4.78, 5) is 13.1. The van der Waals surface area contributed by atoms with E-state index in [9.17, 15) is 4.79 Å². The van der Waals surface area contributed by atoms with Crippen LogP contribution >= 0.6 is 0 Å². The van der Waals surface area contributed by atoms with Crippen LogP contribution in [-0.4, -0.2) is 10.5 Å². The normalized spacial score (nSPS) is 11.9. The van der Waals surface area contributed by atoms with Gasteiger partial charge in [-0.3, -0.25) is 4.79 Å². The zero-order chi connectivity index (χ0) is 24.6. The molecular weight excluding hydrogens is 440 g/mol. The molecule has 5 aromatic rings. The Kier molecular flexibility index (Phi) is 7.58. The smallest absolute Gasteiger partial charge is 0.220 e. The molecule has 4 aromatic carbocycles. The number of carbonyl (C=O) groups excluding carboxylic acids is 1. The first-order chi connectivity index (χ1) is 17.8. The number of para-hydroxylation sites is 1. The predicted octanol–water partition coefficient (Wildman–Crippen LogP) is 7.11. The second-order valence-electron chi connectivity index (χ2n) is 9.40. The number of benzene rings is 4. The third kappa shape index (κ3) is 5.92. The molecule has 1 aromatic heterocycles. The molecule has 0 spiro atoms. The summed E-state index contributed by atoms with van der Waals surface area (Å²) in [6.45, 7) is 1.37. The van der Waals surface area contributed by atoms with Crippen molar-refractivity contribution in [3.05, 3.63) is 144 Å². The van der Waals surface area contributed by atoms with Crippen LogP contribution in [0.15, 0.2) is 121 Å². The second kappa shape index (κ2) is 11.5. The van der Waals surface area contributed by atoms with E-state index in [-0.39, 0.29) is 11.8 Å². The van der Waals surface area contributed by atoms with E-state index < -0.39 is 0 Å². The van der Waals surface area contributed by atoms with E-state index >= 15 is 0 Å². The molecule has 3 nitrogen and oxygen atoms in total. The number of amides is 1. The molecule has 36 heavy (non-hydrogen) atoms. The number of aromatic nitrogens is 1. The number of fused-ring (bicyclic) bond motifs is 1. The van der Waals surface area contributed by atoms with Crippen molar-refractivity contribution >= 4 is 16.8 Å². The minimum atomic E-state index is 0.0943. The Labute approximate surface area is 213 Å². The van der Waals surface area contributed by atoms with Crippen LogP contribution in [0, 0.1) is 0 Å². The lowest BCUT2D eigenvalue weighted by Crippen LogP contribution is -2.24. The molecule has 0 aliphatic heterocycles. The molecule has 1 heterocycles. The molecule has 1 N–H and O–H groups in total. The van der Waals surface area contributed by atoms with Gasteiger partial charge in [0.25, 0.3) is 0 Å². The largest absolute Gasteiger partial charge is 0.352 e. The van der Waals surface area contributed by atoms with Gasteiger partial charge in [0.05, 0.1) is 0 Å². The topological polar surface area (TPSA) is 34.0 Å². The molecule has 0 unspecified atom stereocenters. The fourth-order valence-corrected chi connectivity index (χ4v) is 4.96. The molecule has 5 rings (SSSR count). The van der Waals surface area contributed by atoms with E-state index in [1.54, 1.807) is 0 Å². The van der Waals surface area contributed by atoms with Crippen molar-refractivity contribution < 1.29 is 4.79 Å². The third-order valence-corrected chi connectivity index (χ3v) is 6.84. The fraction of sp³-hybridized carbons (Fsp3) is 0.182. The number of hydrogen-bond donors (Lipinski definition) is 1. The quantitative estimate of drug-likeness (QED) is 0.231. The number of nitrogens with zero attached hydrogens (tertiary/aromatic N) is 1. The highest BCUT2D eigenvalue weighted by Crippen LogP contribution is 2.33. The van der Waals surface area contributed by atoms with Gasteiger partial charge in [-0.15, -0.1) is 0 Å². The predicted molar refractivity (Wildman–Crippen MR) is 148 cm³/mol. The Balaban J connectivity index is 1.41. The van der Waals surface area contributed by atoms with E-state index in [0.29, 0.717) is 13.0 Å². The van der Waals surface area contributed by atoms with Gasteiger partial charge in [0.2, 0.25) is 5.91 Å². The van der Waals surface area contributed by atoms with Crippen molar-refractivity contribution in [2.45, 2.75) is 38.3 Å². The first-order valence-electron chi connectivity index (χ1n) is 12.7. The average molecular weight is 473 g/mol. The van der Waals surface area contributed by atoms with Crippen molar-refractivity contribution in [3.63, 3.8) is 0 Å². The van der Waals surface area contributed by atoms with Crippen molar-refractivity contribution in [1.82, 2.24) is 9.88 Å². The number of aryl methyl sites for hydroxylation is 1. The maximum atomic E-state index is 13.1. The monoisotopic (exact) mass is 472 g/mol. The minimum absolute atomic E-state index is 0.0943. The third-order valence-electron chi connectivity index (χ3n) is 6.84. The number of carbonyl (C=O) groups is 1. The van der Waals surface area contributed by atoms with Crippen molar-refractivity contribution in [1.29, 1.82) is 0 Å². The van der Waals surface area contributed by atoms with Crippen LogP contribution in [0.5, 0.6) is 0 Å². The second-order valence-corrected chi connectivity index (χ2v) is 9.40. The zero-order valence-electron chi connectivity index (χ0n) is 20.5. The first-order valence-corrected chi connectivity index (χ1v) is 12.7. The number of rotatable bonds is 10. The molecule has 0 aliphatic rings. The van der Waals surface area contributed by atoms with E-state index in [1.165, 1.54) is 27.6 Å². The Morgan fingerprint density at radius 3 is 1.97 bits per heavy atom. The van der Waals surface area contributed by atoms with Crippen molar-refractivity contribution in [3.8, 4) is 0 Å². The zero-order valence-corrected chi connectivity index (χ0v) is 20.5. The van der Waals surface area contributed by atoms with Crippen LogP contribution in [0.25, 0.3) is 10.9 Å². The molecule has 1 atom stereocenters. The van der Waals surface area contributed by atoms with E-state index in [2.05, 4.69) is 101 Å². The summed E-state index contributed by atoms with van der Waals surface area (Å²) < 4.78 is 2.33. The van der Waals surface area contributed by atoms with Gasteiger partial charge in [-0.1, -0.05) is 109 Å². The Morgan fingerprint density at radius 2 is 1.28 bits per heavy atom. The van der Waals surface area contributed by atoms with Crippen LogP contribution < -0.4 is 5.32 Å². The Bertz CT molecular complexity index is 1390. The summed E-state index contributed by atoms with van der Waals surface area (Å²) in [7, 11) is 0. The summed E-state index contributed by atoms with van der Waals surface area (Å²) in [6.07, 6.45) is 4.61. The molecule has 0 fully saturated rings. The van der Waals surface area contributed by atoms with Gasteiger partial charge in [0, 0.05) is 36.6 Å². The van der Waals surface area contributed by atoms with Gasteiger partial charge >= 0.3 is 0 Å². The standard InChI is InChI=1S/C33H32N2O/c36-33(34-23-27-14-6-2-7-15-27)22-29(21-20-26-12-4-1-5-13-26)31-25-35(24-28-16-8-3-9-17-28)32-19-11-10-18-30(31)32/h1-19,25,29H,20-24H2,(H,34,36)/t29-/m1/s1. The highest BCUT2D eigenvalue weighted by molar-refractivity contribution is 5.86. The summed E-state index contributed by atoms with van der Waals surface area (Å²) >= 11 is 0. The Morgan fingerprint density at radius 1 is 0.694 bits per heavy atom. The molecule has 0 radical (unpaired) electrons. The first kappa shape index (κ1) is 23.6. The maximum absolute atomic E-state index is 13.1. The fourth-order valence-electron chi connectivity index (χ4n) is 4.96. The molecule has 3 heteroatoms. The van der Waals surface area contributed by atoms with Crippen LogP contribution in [-0.2, 0) is 24.3 Å². The lowest BCUT2D eigenvalue weighted by Gasteiger charge is -2.17. The van der Waals surface area contributed by atoms with Crippen molar-refractivity contribution in [2.75, 3.05) is 0 Å². The molecular formula is C33H32N2O. The van der Waals surface area contributed by atoms with Gasteiger partial charge in [-0.25, -0.2) is 0 Å². The van der Waals surface area contributed by atoms with Crippen LogP contribution in [0.4, 0.5) is 0 Å². The molecule has 0 saturated carbocycles. The van der Waals surface area contributed by atoms with Crippen molar-refractivity contribution in [2.24, 2.45) is 0 Å². The van der Waals surface area contributed by atoms with Crippen LogP contribution in [0.2, 0.25) is 0 Å². The van der Waals surface area contributed by atoms with Gasteiger partial charge in [0.15, 0.2) is 0 Å². The van der Waals surface area contributed by atoms with Crippen LogP contribution in [0.1, 0.15) is 41.0 Å². The average Bonchev–Trinajstić information content (AvgIpc) is 3.30. The maximum Gasteiger partial charge on any atom is 0.220 e. The van der Waals surface area contributed by atoms with E-state index in [4.69, 9.17) is 0 Å². The lowest BCUT2D eigenvalue weighted by molar-refractivity contribution is -0.121. The minimum Gasteiger partial charge on any atom is -0.352 e. The number of nitrogens with one attached hydrogen (secondary N) is 1. The molecule has 0 saturated heterocycles. The lowest BCUT2D eigenvalue weighted by atomic mass is 9.89. The number of hydrogen-bond acceptors (Lipinski definition) is 1. The summed E-state index contributed by atoms with van der Waals surface area (Å²) in [5.74, 6) is 0.222.